The molecular weight excluding hydrogens is 302 g/mol. The van der Waals surface area contributed by atoms with Crippen molar-refractivity contribution in [3.8, 4) is 0 Å². The number of halogens is 2. The number of allylic oxidation sites excluding steroid dienone is 4. The third kappa shape index (κ3) is 3.63. The first kappa shape index (κ1) is 17.4. The van der Waals surface area contributed by atoms with Gasteiger partial charge in [0.25, 0.3) is 0 Å². The molecule has 1 aromatic rings. The Hall–Kier alpha value is -1.44. The fourth-order valence-electron chi connectivity index (χ4n) is 4.50. The minimum atomic E-state index is -0.696. The van der Waals surface area contributed by atoms with Gasteiger partial charge in [-0.1, -0.05) is 30.4 Å². The molecule has 1 fully saturated rings. The van der Waals surface area contributed by atoms with Crippen LogP contribution in [0.1, 0.15) is 63.0 Å². The maximum atomic E-state index is 14.2. The summed E-state index contributed by atoms with van der Waals surface area (Å²) in [4.78, 5) is 0. The summed E-state index contributed by atoms with van der Waals surface area (Å²) in [6.45, 7) is 3.71. The molecule has 0 radical (unpaired) electrons. The minimum absolute atomic E-state index is 0.378. The van der Waals surface area contributed by atoms with Crippen LogP contribution in [0, 0.1) is 36.3 Å². The highest BCUT2D eigenvalue weighted by molar-refractivity contribution is 5.67. The molecule has 3 rings (SSSR count). The Morgan fingerprint density at radius 1 is 0.958 bits per heavy atom. The fraction of sp³-hybridized carbons (Fsp3) is 0.545. The molecule has 0 aliphatic heterocycles. The van der Waals surface area contributed by atoms with E-state index >= 15 is 0 Å². The zero-order chi connectivity index (χ0) is 17.1. The topological polar surface area (TPSA) is 0 Å². The van der Waals surface area contributed by atoms with Crippen LogP contribution in [0.15, 0.2) is 30.4 Å². The van der Waals surface area contributed by atoms with Gasteiger partial charge in [-0.15, -0.1) is 0 Å². The van der Waals surface area contributed by atoms with Gasteiger partial charge in [0.05, 0.1) is 0 Å². The van der Waals surface area contributed by atoms with Gasteiger partial charge >= 0.3 is 0 Å². The van der Waals surface area contributed by atoms with Gasteiger partial charge in [0, 0.05) is 5.56 Å². The number of hydrogen-bond donors (Lipinski definition) is 0. The highest BCUT2D eigenvalue weighted by atomic mass is 19.2. The average molecular weight is 330 g/mol. The first-order valence-corrected chi connectivity index (χ1v) is 9.37. The maximum absolute atomic E-state index is 14.2. The van der Waals surface area contributed by atoms with Crippen LogP contribution in [0.2, 0.25) is 0 Å². The summed E-state index contributed by atoms with van der Waals surface area (Å²) in [7, 11) is 0. The quantitative estimate of drug-likeness (QED) is 0.532. The Morgan fingerprint density at radius 2 is 1.71 bits per heavy atom. The molecule has 0 bridgehead atoms. The second-order valence-corrected chi connectivity index (χ2v) is 7.52. The van der Waals surface area contributed by atoms with E-state index in [9.17, 15) is 8.78 Å². The average Bonchev–Trinajstić information content (AvgIpc) is 2.61. The molecule has 0 heterocycles. The monoisotopic (exact) mass is 330 g/mol. The van der Waals surface area contributed by atoms with Gasteiger partial charge in [0.1, 0.15) is 0 Å². The predicted molar refractivity (Wildman–Crippen MR) is 96.7 cm³/mol. The van der Waals surface area contributed by atoms with E-state index in [2.05, 4.69) is 25.2 Å². The van der Waals surface area contributed by atoms with E-state index in [1.807, 2.05) is 0 Å². The van der Waals surface area contributed by atoms with Crippen molar-refractivity contribution in [1.29, 1.82) is 0 Å². The molecule has 130 valence electrons. The van der Waals surface area contributed by atoms with Gasteiger partial charge in [-0.3, -0.25) is 0 Å². The lowest BCUT2D eigenvalue weighted by Crippen LogP contribution is -2.22. The Labute approximate surface area is 144 Å². The molecular formula is C22H28F2. The van der Waals surface area contributed by atoms with Crippen LogP contribution >= 0.6 is 0 Å². The first-order valence-electron chi connectivity index (χ1n) is 9.37. The minimum Gasteiger partial charge on any atom is -0.203 e. The molecule has 1 aromatic carbocycles. The Morgan fingerprint density at radius 3 is 2.33 bits per heavy atom. The summed E-state index contributed by atoms with van der Waals surface area (Å²) in [5.74, 6) is 0.928. The lowest BCUT2D eigenvalue weighted by atomic mass is 9.71. The Bertz CT molecular complexity index is 634. The highest BCUT2D eigenvalue weighted by Crippen LogP contribution is 2.41. The molecule has 1 unspecified atom stereocenters. The Balaban J connectivity index is 1.64. The number of aryl methyl sites for hydroxylation is 1. The van der Waals surface area contributed by atoms with Crippen molar-refractivity contribution >= 4 is 5.57 Å². The van der Waals surface area contributed by atoms with E-state index in [1.165, 1.54) is 25.7 Å². The summed E-state index contributed by atoms with van der Waals surface area (Å²) in [6.07, 6.45) is 14.9. The molecule has 2 aliphatic carbocycles. The van der Waals surface area contributed by atoms with Crippen molar-refractivity contribution in [3.05, 3.63) is 53.1 Å². The summed E-state index contributed by atoms with van der Waals surface area (Å²) in [5, 5.41) is 0. The normalized spacial score (nSPS) is 28.2. The molecule has 2 heteroatoms. The number of benzene rings is 1. The van der Waals surface area contributed by atoms with Crippen LogP contribution in [-0.4, -0.2) is 0 Å². The molecule has 24 heavy (non-hydrogen) atoms. The molecule has 2 aliphatic rings. The van der Waals surface area contributed by atoms with Gasteiger partial charge in [-0.05, 0) is 87.7 Å². The lowest BCUT2D eigenvalue weighted by molar-refractivity contribution is 0.212. The van der Waals surface area contributed by atoms with E-state index < -0.39 is 11.6 Å². The summed E-state index contributed by atoms with van der Waals surface area (Å²) in [5.41, 5.74) is 1.84. The van der Waals surface area contributed by atoms with Crippen molar-refractivity contribution in [2.24, 2.45) is 17.8 Å². The van der Waals surface area contributed by atoms with Gasteiger partial charge < -0.3 is 0 Å². The molecule has 0 nitrogen and oxygen atoms in total. The van der Waals surface area contributed by atoms with Gasteiger partial charge in [-0.2, -0.15) is 0 Å². The van der Waals surface area contributed by atoms with Gasteiger partial charge in [0.15, 0.2) is 11.6 Å². The lowest BCUT2D eigenvalue weighted by Gasteiger charge is -2.35. The predicted octanol–water partition coefficient (Wildman–Crippen LogP) is 6.84. The van der Waals surface area contributed by atoms with Crippen LogP contribution < -0.4 is 0 Å². The van der Waals surface area contributed by atoms with Gasteiger partial charge in [-0.25, -0.2) is 8.78 Å². The smallest absolute Gasteiger partial charge is 0.166 e. The first-order chi connectivity index (χ1) is 11.6. The van der Waals surface area contributed by atoms with Crippen LogP contribution in [0.3, 0.4) is 0 Å². The second-order valence-electron chi connectivity index (χ2n) is 7.52. The van der Waals surface area contributed by atoms with Crippen LogP contribution in [0.5, 0.6) is 0 Å². The van der Waals surface area contributed by atoms with E-state index in [4.69, 9.17) is 0 Å². The molecule has 1 saturated carbocycles. The molecule has 0 saturated heterocycles. The third-order valence-electron chi connectivity index (χ3n) is 6.02. The molecule has 0 spiro atoms. The van der Waals surface area contributed by atoms with E-state index in [1.54, 1.807) is 19.1 Å². The molecule has 0 aromatic heterocycles. The van der Waals surface area contributed by atoms with Crippen molar-refractivity contribution in [2.75, 3.05) is 0 Å². The zero-order valence-corrected chi connectivity index (χ0v) is 14.8. The van der Waals surface area contributed by atoms with Crippen LogP contribution in [-0.2, 0) is 0 Å². The largest absolute Gasteiger partial charge is 0.203 e. The van der Waals surface area contributed by atoms with Crippen molar-refractivity contribution in [3.63, 3.8) is 0 Å². The summed E-state index contributed by atoms with van der Waals surface area (Å²) >= 11 is 0. The van der Waals surface area contributed by atoms with E-state index in [-0.39, 0.29) is 0 Å². The molecule has 1 atom stereocenters. The zero-order valence-electron chi connectivity index (χ0n) is 14.8. The van der Waals surface area contributed by atoms with Crippen molar-refractivity contribution in [1.82, 2.24) is 0 Å². The van der Waals surface area contributed by atoms with Crippen molar-refractivity contribution in [2.45, 2.75) is 58.8 Å². The van der Waals surface area contributed by atoms with Crippen LogP contribution in [0.4, 0.5) is 8.78 Å². The highest BCUT2D eigenvalue weighted by Gasteiger charge is 2.28. The van der Waals surface area contributed by atoms with E-state index in [0.29, 0.717) is 11.1 Å². The van der Waals surface area contributed by atoms with Gasteiger partial charge in [0.2, 0.25) is 0 Å². The number of rotatable bonds is 3. The van der Waals surface area contributed by atoms with Crippen LogP contribution in [0.25, 0.3) is 5.57 Å². The molecule has 0 N–H and O–H groups in total. The number of hydrogen-bond acceptors (Lipinski definition) is 0. The third-order valence-corrected chi connectivity index (χ3v) is 6.02. The second kappa shape index (κ2) is 7.63. The SMILES string of the molecule is CC=CC1CCC(C2CC=C(c3ccc(C)c(F)c3F)CC2)CC1. The fourth-order valence-corrected chi connectivity index (χ4v) is 4.50. The van der Waals surface area contributed by atoms with Crippen molar-refractivity contribution < 1.29 is 8.78 Å². The Kier molecular flexibility index (Phi) is 5.53. The molecule has 0 amide bonds. The summed E-state index contributed by atoms with van der Waals surface area (Å²) < 4.78 is 28.0. The van der Waals surface area contributed by atoms with E-state index in [0.717, 1.165) is 42.6 Å². The standard InChI is InChI=1S/C22H28F2/c1-3-4-16-6-8-17(9-7-16)18-10-12-19(13-11-18)20-14-5-15(2)21(23)22(20)24/h3-5,12,14,16-18H,6-11,13H2,1-2H3. The maximum Gasteiger partial charge on any atom is 0.166 e. The summed E-state index contributed by atoms with van der Waals surface area (Å²) in [6, 6.07) is 3.42.